The molecule has 1 aliphatic rings. The number of nitrogens with one attached hydrogen (secondary N) is 1. The molecule has 6 heteroatoms. The lowest BCUT2D eigenvalue weighted by Crippen LogP contribution is -2.39. The van der Waals surface area contributed by atoms with Gasteiger partial charge in [0, 0.05) is 39.8 Å². The van der Waals surface area contributed by atoms with Crippen molar-refractivity contribution in [1.82, 2.24) is 15.2 Å². The highest BCUT2D eigenvalue weighted by Gasteiger charge is 2.26. The molecule has 1 N–H and O–H groups in total. The fraction of sp³-hybridized carbons (Fsp3) is 0.308. The smallest absolute Gasteiger partial charge is 0.262 e. The number of likely N-dealkylation sites (tertiary alicyclic amines) is 1. The van der Waals surface area contributed by atoms with E-state index in [-0.39, 0.29) is 5.91 Å². The number of aromatic nitrogens is 1. The van der Waals surface area contributed by atoms with E-state index in [1.165, 1.54) is 6.42 Å². The Morgan fingerprint density at radius 3 is 2.84 bits per heavy atom. The molecule has 1 fully saturated rings. The van der Waals surface area contributed by atoms with Gasteiger partial charge in [-0.1, -0.05) is 37.3 Å². The number of methoxy groups -OCH3 is 1. The van der Waals surface area contributed by atoms with Crippen molar-refractivity contribution in [3.05, 3.63) is 59.6 Å². The van der Waals surface area contributed by atoms with Gasteiger partial charge in [0.1, 0.15) is 10.6 Å². The number of fused-ring (bicyclic) bond motifs is 3. The highest BCUT2D eigenvalue weighted by molar-refractivity contribution is 7.22. The van der Waals surface area contributed by atoms with E-state index in [2.05, 4.69) is 34.3 Å². The lowest BCUT2D eigenvalue weighted by atomic mass is 10.0. The number of pyridine rings is 1. The van der Waals surface area contributed by atoms with E-state index in [0.29, 0.717) is 12.6 Å². The molecule has 0 saturated carbocycles. The van der Waals surface area contributed by atoms with Crippen LogP contribution in [0.5, 0.6) is 5.75 Å². The molecule has 0 unspecified atom stereocenters. The van der Waals surface area contributed by atoms with E-state index >= 15 is 0 Å². The zero-order valence-electron chi connectivity index (χ0n) is 18.4. The molecular formula is C26H27N3O2S. The largest absolute Gasteiger partial charge is 0.497 e. The van der Waals surface area contributed by atoms with Crippen molar-refractivity contribution in [3.8, 4) is 16.9 Å². The molecule has 2 aromatic carbocycles. The van der Waals surface area contributed by atoms with Crippen LogP contribution in [0.2, 0.25) is 0 Å². The van der Waals surface area contributed by atoms with Gasteiger partial charge < -0.3 is 10.1 Å². The van der Waals surface area contributed by atoms with Crippen LogP contribution in [0, 0.1) is 0 Å². The predicted molar refractivity (Wildman–Crippen MR) is 132 cm³/mol. The van der Waals surface area contributed by atoms with E-state index in [0.717, 1.165) is 62.3 Å². The van der Waals surface area contributed by atoms with Crippen molar-refractivity contribution < 1.29 is 9.53 Å². The zero-order valence-corrected chi connectivity index (χ0v) is 19.2. The Bertz CT molecular complexity index is 1270. The van der Waals surface area contributed by atoms with Gasteiger partial charge in [0.2, 0.25) is 0 Å². The quantitative estimate of drug-likeness (QED) is 0.435. The van der Waals surface area contributed by atoms with Crippen LogP contribution in [0.25, 0.3) is 32.1 Å². The number of hydrogen-bond acceptors (Lipinski definition) is 5. The molecule has 32 heavy (non-hydrogen) atoms. The summed E-state index contributed by atoms with van der Waals surface area (Å²) in [6.45, 7) is 5.01. The molecule has 2 aromatic heterocycles. The van der Waals surface area contributed by atoms with Crippen LogP contribution in [0.15, 0.2) is 54.7 Å². The van der Waals surface area contributed by atoms with Gasteiger partial charge in [0.25, 0.3) is 5.91 Å². The summed E-state index contributed by atoms with van der Waals surface area (Å²) in [6.07, 6.45) is 4.24. The molecule has 1 amide bonds. The molecule has 0 aliphatic carbocycles. The first-order valence-electron chi connectivity index (χ1n) is 11.2. The molecule has 164 valence electrons. The minimum absolute atomic E-state index is 0.0101. The molecule has 0 bridgehead atoms. The number of benzene rings is 2. The Labute approximate surface area is 192 Å². The number of carbonyl (C=O) groups excluding carboxylic acids is 1. The average Bonchev–Trinajstić information content (AvgIpc) is 3.47. The fourth-order valence-corrected chi connectivity index (χ4v) is 5.96. The summed E-state index contributed by atoms with van der Waals surface area (Å²) in [5.74, 6) is 0.775. The number of thiophene rings is 1. The van der Waals surface area contributed by atoms with E-state index in [1.54, 1.807) is 18.4 Å². The first kappa shape index (κ1) is 20.9. The van der Waals surface area contributed by atoms with Crippen molar-refractivity contribution in [2.75, 3.05) is 26.7 Å². The molecule has 1 atom stereocenters. The molecular weight excluding hydrogens is 418 g/mol. The van der Waals surface area contributed by atoms with Gasteiger partial charge >= 0.3 is 0 Å². The molecule has 5 nitrogen and oxygen atoms in total. The van der Waals surface area contributed by atoms with Gasteiger partial charge in [0.05, 0.1) is 12.6 Å². The maximum absolute atomic E-state index is 13.5. The SMILES string of the molecule is CCN1CCC[C@@H]1CNC(=O)c1sc2c(cnc3ccc(OC)cc32)c1-c1ccccc1. The third-order valence-electron chi connectivity index (χ3n) is 6.40. The van der Waals surface area contributed by atoms with Gasteiger partial charge in [0.15, 0.2) is 0 Å². The van der Waals surface area contributed by atoms with Crippen LogP contribution < -0.4 is 10.1 Å². The number of nitrogens with zero attached hydrogens (tertiary/aromatic N) is 2. The minimum Gasteiger partial charge on any atom is -0.497 e. The number of likely N-dealkylation sites (N-methyl/N-ethyl adjacent to an activating group) is 1. The summed E-state index contributed by atoms with van der Waals surface area (Å²) in [4.78, 5) is 21.3. The molecule has 1 aliphatic heterocycles. The number of hydrogen-bond donors (Lipinski definition) is 1. The van der Waals surface area contributed by atoms with Gasteiger partial charge in [-0.2, -0.15) is 0 Å². The maximum Gasteiger partial charge on any atom is 0.262 e. The van der Waals surface area contributed by atoms with Gasteiger partial charge in [-0.05, 0) is 49.7 Å². The second-order valence-electron chi connectivity index (χ2n) is 8.19. The fourth-order valence-electron chi connectivity index (χ4n) is 4.72. The Kier molecular flexibility index (Phi) is 5.81. The summed E-state index contributed by atoms with van der Waals surface area (Å²) in [5.41, 5.74) is 2.89. The molecule has 5 rings (SSSR count). The normalized spacial score (nSPS) is 16.6. The first-order chi connectivity index (χ1) is 15.7. The summed E-state index contributed by atoms with van der Waals surface area (Å²) in [6, 6.07) is 16.4. The monoisotopic (exact) mass is 445 g/mol. The van der Waals surface area contributed by atoms with E-state index in [1.807, 2.05) is 42.6 Å². The Morgan fingerprint density at radius 2 is 2.06 bits per heavy atom. The third-order valence-corrected chi connectivity index (χ3v) is 7.64. The third kappa shape index (κ3) is 3.74. The molecule has 3 heterocycles. The highest BCUT2D eigenvalue weighted by atomic mass is 32.1. The lowest BCUT2D eigenvalue weighted by molar-refractivity contribution is 0.0946. The molecule has 1 saturated heterocycles. The van der Waals surface area contributed by atoms with E-state index < -0.39 is 0 Å². The predicted octanol–water partition coefficient (Wildman–Crippen LogP) is 5.34. The van der Waals surface area contributed by atoms with Gasteiger partial charge in [-0.3, -0.25) is 14.7 Å². The van der Waals surface area contributed by atoms with Gasteiger partial charge in [-0.25, -0.2) is 0 Å². The summed E-state index contributed by atoms with van der Waals surface area (Å²) in [7, 11) is 1.67. The first-order valence-corrected chi connectivity index (χ1v) is 12.0. The van der Waals surface area contributed by atoms with E-state index in [4.69, 9.17) is 4.74 Å². The zero-order chi connectivity index (χ0) is 22.1. The van der Waals surface area contributed by atoms with Crippen LogP contribution in [0.3, 0.4) is 0 Å². The molecule has 0 spiro atoms. The van der Waals surface area contributed by atoms with Crippen molar-refractivity contribution >= 4 is 38.2 Å². The minimum atomic E-state index is -0.0101. The standard InChI is InChI=1S/C26H27N3O2S/c1-3-29-13-7-10-18(29)15-28-26(30)25-23(17-8-5-4-6-9-17)21-16-27-22-12-11-19(31-2)14-20(22)24(21)32-25/h4-6,8-9,11-12,14,16,18H,3,7,10,13,15H2,1-2H3,(H,28,30)/t18-/m1/s1. The second kappa shape index (κ2) is 8.88. The van der Waals surface area contributed by atoms with Crippen molar-refractivity contribution in [1.29, 1.82) is 0 Å². The number of rotatable bonds is 6. The highest BCUT2D eigenvalue weighted by Crippen LogP contribution is 2.42. The van der Waals surface area contributed by atoms with Crippen molar-refractivity contribution in [2.45, 2.75) is 25.8 Å². The Hall–Kier alpha value is -2.96. The summed E-state index contributed by atoms with van der Waals surface area (Å²) in [5, 5.41) is 5.24. The van der Waals surface area contributed by atoms with Crippen molar-refractivity contribution in [3.63, 3.8) is 0 Å². The van der Waals surface area contributed by atoms with Crippen LogP contribution in [-0.2, 0) is 0 Å². The van der Waals surface area contributed by atoms with Crippen LogP contribution in [0.4, 0.5) is 0 Å². The molecule has 0 radical (unpaired) electrons. The Balaban J connectivity index is 1.60. The van der Waals surface area contributed by atoms with Crippen molar-refractivity contribution in [2.24, 2.45) is 0 Å². The Morgan fingerprint density at radius 1 is 1.22 bits per heavy atom. The maximum atomic E-state index is 13.5. The second-order valence-corrected chi connectivity index (χ2v) is 9.21. The number of ether oxygens (including phenoxy) is 1. The number of amides is 1. The summed E-state index contributed by atoms with van der Waals surface area (Å²) >= 11 is 1.54. The van der Waals surface area contributed by atoms with Crippen LogP contribution >= 0.6 is 11.3 Å². The van der Waals surface area contributed by atoms with Gasteiger partial charge in [-0.15, -0.1) is 11.3 Å². The topological polar surface area (TPSA) is 54.5 Å². The number of carbonyl (C=O) groups is 1. The van der Waals surface area contributed by atoms with Crippen LogP contribution in [-0.4, -0.2) is 48.6 Å². The molecule has 4 aromatic rings. The average molecular weight is 446 g/mol. The van der Waals surface area contributed by atoms with E-state index in [9.17, 15) is 4.79 Å². The summed E-state index contributed by atoms with van der Waals surface area (Å²) < 4.78 is 6.51. The van der Waals surface area contributed by atoms with Crippen LogP contribution in [0.1, 0.15) is 29.4 Å². The lowest BCUT2D eigenvalue weighted by Gasteiger charge is -2.22.